The lowest BCUT2D eigenvalue weighted by Crippen LogP contribution is -2.26. The molecule has 216 valence electrons. The quantitative estimate of drug-likeness (QED) is 0.296. The summed E-state index contributed by atoms with van der Waals surface area (Å²) in [6.07, 6.45) is -2.08. The van der Waals surface area contributed by atoms with Gasteiger partial charge in [0.25, 0.3) is 5.91 Å². The Morgan fingerprint density at radius 2 is 1.88 bits per heavy atom. The Bertz CT molecular complexity index is 1740. The van der Waals surface area contributed by atoms with E-state index in [9.17, 15) is 22.8 Å². The first-order valence-electron chi connectivity index (χ1n) is 13.1. The number of ether oxygens (including phenoxy) is 3. The lowest BCUT2D eigenvalue weighted by molar-refractivity contribution is -0.286. The molecule has 1 aliphatic heterocycles. The molecule has 9 nitrogen and oxygen atoms in total. The van der Waals surface area contributed by atoms with Crippen molar-refractivity contribution in [3.63, 3.8) is 0 Å². The molecule has 4 aromatic rings. The van der Waals surface area contributed by atoms with Crippen molar-refractivity contribution in [3.8, 4) is 22.9 Å². The van der Waals surface area contributed by atoms with E-state index in [1.54, 1.807) is 28.9 Å². The molecule has 0 bridgehead atoms. The smallest absolute Gasteiger partial charge is 0.484 e. The maximum atomic E-state index is 14.3. The van der Waals surface area contributed by atoms with Gasteiger partial charge in [0.1, 0.15) is 17.7 Å². The number of nitrogens with zero attached hydrogens (tertiary/aromatic N) is 3. The second-order valence-corrected chi connectivity index (χ2v) is 10.0. The van der Waals surface area contributed by atoms with Crippen molar-refractivity contribution in [2.45, 2.75) is 38.6 Å². The van der Waals surface area contributed by atoms with E-state index < -0.39 is 35.7 Å². The van der Waals surface area contributed by atoms with Crippen LogP contribution in [0.15, 0.2) is 60.7 Å². The highest BCUT2D eigenvalue weighted by molar-refractivity contribution is 6.06. The molecule has 1 unspecified atom stereocenters. The molecule has 12 heteroatoms. The zero-order valence-electron chi connectivity index (χ0n) is 22.4. The lowest BCUT2D eigenvalue weighted by atomic mass is 9.93. The van der Waals surface area contributed by atoms with Crippen molar-refractivity contribution >= 4 is 17.6 Å². The minimum atomic E-state index is -3.77. The molecule has 1 N–H and O–H groups in total. The largest absolute Gasteiger partial charge is 0.586 e. The molecule has 0 saturated heterocycles. The number of carbonyl (C=O) groups is 2. The number of halogens is 3. The van der Waals surface area contributed by atoms with Gasteiger partial charge in [-0.2, -0.15) is 5.10 Å². The number of anilines is 1. The van der Waals surface area contributed by atoms with Crippen LogP contribution in [0.3, 0.4) is 0 Å². The van der Waals surface area contributed by atoms with Crippen LogP contribution in [0.2, 0.25) is 0 Å². The van der Waals surface area contributed by atoms with E-state index in [2.05, 4.69) is 9.47 Å². The second kappa shape index (κ2) is 10.1. The minimum absolute atomic E-state index is 0.122. The van der Waals surface area contributed by atoms with Crippen LogP contribution < -0.4 is 19.1 Å². The average Bonchev–Trinajstić information content (AvgIpc) is 3.47. The number of aromatic carboxylic acids is 1. The van der Waals surface area contributed by atoms with Gasteiger partial charge < -0.3 is 24.2 Å². The maximum absolute atomic E-state index is 14.3. The summed E-state index contributed by atoms with van der Waals surface area (Å²) < 4.78 is 58.1. The summed E-state index contributed by atoms with van der Waals surface area (Å²) in [5.74, 6) is -2.77. The number of benzene rings is 3. The number of carboxylic acid groups (broad SMARTS) is 1. The first-order chi connectivity index (χ1) is 20.0. The third-order valence-corrected chi connectivity index (χ3v) is 7.29. The summed E-state index contributed by atoms with van der Waals surface area (Å²) in [7, 11) is 1.52. The molecule has 0 radical (unpaired) electrons. The van der Waals surface area contributed by atoms with Gasteiger partial charge in [-0.1, -0.05) is 6.07 Å². The summed E-state index contributed by atoms with van der Waals surface area (Å²) in [4.78, 5) is 25.9. The molecular weight excluding hydrogens is 555 g/mol. The molecule has 1 aliphatic carbocycles. The van der Waals surface area contributed by atoms with Crippen LogP contribution in [0.4, 0.5) is 18.9 Å². The van der Waals surface area contributed by atoms with Gasteiger partial charge in [-0.3, -0.25) is 4.79 Å². The normalized spacial score (nSPS) is 16.5. The van der Waals surface area contributed by atoms with Crippen LogP contribution in [-0.4, -0.2) is 40.1 Å². The van der Waals surface area contributed by atoms with Gasteiger partial charge in [-0.25, -0.2) is 13.9 Å². The lowest BCUT2D eigenvalue weighted by Gasteiger charge is -2.26. The predicted molar refractivity (Wildman–Crippen MR) is 143 cm³/mol. The number of amides is 1. The van der Waals surface area contributed by atoms with Crippen LogP contribution in [0.5, 0.6) is 17.2 Å². The molecule has 1 amide bonds. The summed E-state index contributed by atoms with van der Waals surface area (Å²) in [6.45, 7) is 1.88. The van der Waals surface area contributed by atoms with Crippen LogP contribution >= 0.6 is 0 Å². The predicted octanol–water partition coefficient (Wildman–Crippen LogP) is 6.07. The molecule has 1 atom stereocenters. The summed E-state index contributed by atoms with van der Waals surface area (Å²) >= 11 is 0. The summed E-state index contributed by atoms with van der Waals surface area (Å²) in [5.41, 5.74) is 3.32. The standard InChI is InChI=1S/C30H24F3N3O6/c1-16-21-7-4-8-25(40-20-10-11-22(29(38)39)23(31)15-20)27(21)36(34-16)19-6-3-5-17(13-19)28(37)35(2)18-9-12-24-26(14-18)42-30(32,33)41-24/h3,5-6,9-15,25H,4,7-8H2,1-2H3,(H,38,39). The number of hydrogen-bond donors (Lipinski definition) is 1. The Morgan fingerprint density at radius 1 is 1.10 bits per heavy atom. The molecule has 2 aliphatic rings. The Hall–Kier alpha value is -5.00. The van der Waals surface area contributed by atoms with Gasteiger partial charge in [-0.15, -0.1) is 8.78 Å². The third kappa shape index (κ3) is 4.89. The van der Waals surface area contributed by atoms with Crippen LogP contribution in [0, 0.1) is 12.7 Å². The van der Waals surface area contributed by atoms with E-state index in [-0.39, 0.29) is 17.2 Å². The van der Waals surface area contributed by atoms with Crippen LogP contribution in [0.25, 0.3) is 5.69 Å². The molecular formula is C30H24F3N3O6. The highest BCUT2D eigenvalue weighted by atomic mass is 19.3. The van der Waals surface area contributed by atoms with E-state index in [0.717, 1.165) is 41.9 Å². The van der Waals surface area contributed by atoms with E-state index in [1.165, 1.54) is 36.2 Å². The number of carboxylic acids is 1. The van der Waals surface area contributed by atoms with Crippen molar-refractivity contribution < 1.29 is 42.1 Å². The number of hydrogen-bond acceptors (Lipinski definition) is 6. The van der Waals surface area contributed by atoms with Crippen LogP contribution in [0.1, 0.15) is 56.6 Å². The van der Waals surface area contributed by atoms with E-state index in [0.29, 0.717) is 23.4 Å². The summed E-state index contributed by atoms with van der Waals surface area (Å²) in [6, 6.07) is 14.5. The van der Waals surface area contributed by atoms with Gasteiger partial charge in [-0.05, 0) is 68.7 Å². The zero-order valence-corrected chi connectivity index (χ0v) is 22.4. The number of carbonyl (C=O) groups excluding carboxylic acids is 1. The molecule has 6 rings (SSSR count). The fourth-order valence-corrected chi connectivity index (χ4v) is 5.26. The SMILES string of the molecule is Cc1nn(-c2cccc(C(=O)N(C)c3ccc4c(c3)OC(F)(F)O4)c2)c2c1CCCC2Oc1ccc(C(=O)O)c(F)c1. The number of aromatic nitrogens is 2. The first-order valence-corrected chi connectivity index (χ1v) is 13.1. The van der Waals surface area contributed by atoms with Gasteiger partial charge in [0.2, 0.25) is 0 Å². The molecule has 0 fully saturated rings. The summed E-state index contributed by atoms with van der Waals surface area (Å²) in [5, 5.41) is 13.9. The van der Waals surface area contributed by atoms with Gasteiger partial charge >= 0.3 is 12.3 Å². The van der Waals surface area contributed by atoms with Gasteiger partial charge in [0, 0.05) is 36.0 Å². The second-order valence-electron chi connectivity index (χ2n) is 10.0. The van der Waals surface area contributed by atoms with Crippen molar-refractivity contribution in [3.05, 3.63) is 94.6 Å². The van der Waals surface area contributed by atoms with Gasteiger partial charge in [0.15, 0.2) is 11.5 Å². The number of aryl methyl sites for hydroxylation is 1. The molecule has 3 aromatic carbocycles. The van der Waals surface area contributed by atoms with Crippen molar-refractivity contribution in [2.24, 2.45) is 0 Å². The Balaban J connectivity index is 1.29. The Kier molecular flexibility index (Phi) is 6.55. The minimum Gasteiger partial charge on any atom is -0.484 e. The van der Waals surface area contributed by atoms with Crippen molar-refractivity contribution in [2.75, 3.05) is 11.9 Å². The molecule has 42 heavy (non-hydrogen) atoms. The molecule has 1 aromatic heterocycles. The average molecular weight is 580 g/mol. The number of rotatable bonds is 6. The number of fused-ring (bicyclic) bond motifs is 2. The topological polar surface area (TPSA) is 103 Å². The van der Waals surface area contributed by atoms with E-state index in [4.69, 9.17) is 14.9 Å². The van der Waals surface area contributed by atoms with Gasteiger partial charge in [0.05, 0.1) is 22.6 Å². The zero-order chi connectivity index (χ0) is 29.8. The maximum Gasteiger partial charge on any atom is 0.586 e. The molecule has 2 heterocycles. The van der Waals surface area contributed by atoms with Crippen molar-refractivity contribution in [1.82, 2.24) is 9.78 Å². The van der Waals surface area contributed by atoms with Crippen molar-refractivity contribution in [1.29, 1.82) is 0 Å². The molecule has 0 saturated carbocycles. The highest BCUT2D eigenvalue weighted by Gasteiger charge is 2.43. The van der Waals surface area contributed by atoms with E-state index >= 15 is 0 Å². The van der Waals surface area contributed by atoms with E-state index in [1.807, 2.05) is 6.92 Å². The molecule has 0 spiro atoms. The monoisotopic (exact) mass is 579 g/mol. The Labute approximate surface area is 237 Å². The third-order valence-electron chi connectivity index (χ3n) is 7.29. The number of alkyl halides is 2. The highest BCUT2D eigenvalue weighted by Crippen LogP contribution is 2.43. The fourth-order valence-electron chi connectivity index (χ4n) is 5.26. The first kappa shape index (κ1) is 27.2. The van der Waals surface area contributed by atoms with Crippen LogP contribution in [-0.2, 0) is 6.42 Å². The fraction of sp³-hybridized carbons (Fsp3) is 0.233. The Morgan fingerprint density at radius 3 is 2.64 bits per heavy atom.